The lowest BCUT2D eigenvalue weighted by molar-refractivity contribution is 0.432. The summed E-state index contributed by atoms with van der Waals surface area (Å²) in [6, 6.07) is 8.91. The Morgan fingerprint density at radius 1 is 1.22 bits per heavy atom. The third-order valence-corrected chi connectivity index (χ3v) is 4.78. The van der Waals surface area contributed by atoms with E-state index in [2.05, 4.69) is 50.4 Å². The minimum absolute atomic E-state index is 0.750. The summed E-state index contributed by atoms with van der Waals surface area (Å²) in [4.78, 5) is 1.50. The maximum absolute atomic E-state index is 3.58. The van der Waals surface area contributed by atoms with Crippen molar-refractivity contribution < 1.29 is 0 Å². The molecule has 0 radical (unpaired) electrons. The van der Waals surface area contributed by atoms with E-state index in [1.807, 2.05) is 11.8 Å². The second-order valence-electron chi connectivity index (χ2n) is 5.94. The average Bonchev–Trinajstić information content (AvgIpc) is 2.72. The molecule has 100 valence electrons. The van der Waals surface area contributed by atoms with Crippen LogP contribution < -0.4 is 5.32 Å². The number of thioether (sulfide) groups is 1. The van der Waals surface area contributed by atoms with Gasteiger partial charge in [-0.25, -0.2) is 0 Å². The Labute approximate surface area is 116 Å². The molecule has 1 aliphatic rings. The third kappa shape index (κ3) is 3.76. The molecule has 0 bridgehead atoms. The molecule has 0 amide bonds. The first-order valence-electron chi connectivity index (χ1n) is 7.09. The van der Waals surface area contributed by atoms with Crippen LogP contribution in [0, 0.1) is 11.8 Å². The SMILES string of the molecule is CC(C)CNCC(C)CC1CSc2ccccc21. The molecule has 1 aromatic rings. The van der Waals surface area contributed by atoms with Crippen LogP contribution >= 0.6 is 11.8 Å². The zero-order valence-corrected chi connectivity index (χ0v) is 12.6. The van der Waals surface area contributed by atoms with Gasteiger partial charge < -0.3 is 5.32 Å². The Bertz CT molecular complexity index is 375. The Morgan fingerprint density at radius 3 is 2.78 bits per heavy atom. The van der Waals surface area contributed by atoms with Crippen LogP contribution in [0.1, 0.15) is 38.7 Å². The molecule has 0 saturated heterocycles. The van der Waals surface area contributed by atoms with Crippen LogP contribution in [0.25, 0.3) is 0 Å². The number of fused-ring (bicyclic) bond motifs is 1. The fraction of sp³-hybridized carbons (Fsp3) is 0.625. The molecule has 2 unspecified atom stereocenters. The molecule has 1 heterocycles. The van der Waals surface area contributed by atoms with E-state index >= 15 is 0 Å². The summed E-state index contributed by atoms with van der Waals surface area (Å²) in [6.45, 7) is 9.20. The normalized spacial score (nSPS) is 20.1. The van der Waals surface area contributed by atoms with Crippen LogP contribution in [-0.4, -0.2) is 18.8 Å². The van der Waals surface area contributed by atoms with Gasteiger partial charge in [-0.05, 0) is 48.9 Å². The fourth-order valence-corrected chi connectivity index (χ4v) is 3.88. The molecule has 0 saturated carbocycles. The standard InChI is InChI=1S/C16H25NS/c1-12(2)9-17-10-13(3)8-14-11-18-16-7-5-4-6-15(14)16/h4-7,12-14,17H,8-11H2,1-3H3. The van der Waals surface area contributed by atoms with Crippen molar-refractivity contribution in [3.05, 3.63) is 29.8 Å². The van der Waals surface area contributed by atoms with Gasteiger partial charge in [0.05, 0.1) is 0 Å². The molecule has 2 atom stereocenters. The van der Waals surface area contributed by atoms with E-state index in [4.69, 9.17) is 0 Å². The zero-order chi connectivity index (χ0) is 13.0. The predicted octanol–water partition coefficient (Wildman–Crippen LogP) is 4.15. The highest BCUT2D eigenvalue weighted by Crippen LogP contribution is 2.42. The maximum Gasteiger partial charge on any atom is 0.0107 e. The maximum atomic E-state index is 3.58. The topological polar surface area (TPSA) is 12.0 Å². The van der Waals surface area contributed by atoms with Gasteiger partial charge in [-0.3, -0.25) is 0 Å². The summed E-state index contributed by atoms with van der Waals surface area (Å²) in [5.74, 6) is 3.55. The molecule has 1 N–H and O–H groups in total. The van der Waals surface area contributed by atoms with Crippen molar-refractivity contribution >= 4 is 11.8 Å². The van der Waals surface area contributed by atoms with Crippen molar-refractivity contribution in [1.29, 1.82) is 0 Å². The highest BCUT2D eigenvalue weighted by Gasteiger charge is 2.23. The van der Waals surface area contributed by atoms with Crippen LogP contribution in [0.4, 0.5) is 0 Å². The van der Waals surface area contributed by atoms with Crippen LogP contribution in [0.5, 0.6) is 0 Å². The van der Waals surface area contributed by atoms with Crippen molar-refractivity contribution in [2.45, 2.75) is 38.0 Å². The van der Waals surface area contributed by atoms with E-state index < -0.39 is 0 Å². The van der Waals surface area contributed by atoms with Crippen molar-refractivity contribution in [3.8, 4) is 0 Å². The van der Waals surface area contributed by atoms with E-state index in [1.165, 1.54) is 17.1 Å². The van der Waals surface area contributed by atoms with Gasteiger partial charge in [0.25, 0.3) is 0 Å². The predicted molar refractivity (Wildman–Crippen MR) is 81.4 cm³/mol. The van der Waals surface area contributed by atoms with Crippen molar-refractivity contribution in [3.63, 3.8) is 0 Å². The van der Waals surface area contributed by atoms with E-state index in [1.54, 1.807) is 5.56 Å². The molecule has 1 nitrogen and oxygen atoms in total. The quantitative estimate of drug-likeness (QED) is 0.827. The van der Waals surface area contributed by atoms with Gasteiger partial charge in [-0.15, -0.1) is 11.8 Å². The van der Waals surface area contributed by atoms with Gasteiger partial charge in [-0.2, -0.15) is 0 Å². The minimum Gasteiger partial charge on any atom is -0.316 e. The molecule has 0 fully saturated rings. The molecule has 2 rings (SSSR count). The first kappa shape index (κ1) is 14.0. The highest BCUT2D eigenvalue weighted by atomic mass is 32.2. The Morgan fingerprint density at radius 2 is 2.00 bits per heavy atom. The Kier molecular flexibility index (Phi) is 5.13. The molecule has 1 aromatic carbocycles. The lowest BCUT2D eigenvalue weighted by atomic mass is 9.91. The second-order valence-corrected chi connectivity index (χ2v) is 7.00. The van der Waals surface area contributed by atoms with Crippen molar-refractivity contribution in [2.24, 2.45) is 11.8 Å². The first-order chi connectivity index (χ1) is 8.66. The van der Waals surface area contributed by atoms with Crippen LogP contribution in [0.2, 0.25) is 0 Å². The van der Waals surface area contributed by atoms with Gasteiger partial charge in [0.2, 0.25) is 0 Å². The molecule has 2 heteroatoms. The summed E-state index contributed by atoms with van der Waals surface area (Å²) in [6.07, 6.45) is 1.31. The zero-order valence-electron chi connectivity index (χ0n) is 11.8. The summed E-state index contributed by atoms with van der Waals surface area (Å²) in [5, 5.41) is 3.58. The van der Waals surface area contributed by atoms with Crippen molar-refractivity contribution in [2.75, 3.05) is 18.8 Å². The Balaban J connectivity index is 1.80. The van der Waals surface area contributed by atoms with Gasteiger partial charge in [0, 0.05) is 10.6 Å². The summed E-state index contributed by atoms with van der Waals surface area (Å²) in [7, 11) is 0. The number of benzene rings is 1. The second kappa shape index (κ2) is 6.63. The molecular formula is C16H25NS. The molecule has 1 aliphatic heterocycles. The van der Waals surface area contributed by atoms with Crippen LogP contribution in [0.3, 0.4) is 0 Å². The monoisotopic (exact) mass is 263 g/mol. The number of hydrogen-bond acceptors (Lipinski definition) is 2. The summed E-state index contributed by atoms with van der Waals surface area (Å²) < 4.78 is 0. The number of hydrogen-bond donors (Lipinski definition) is 1. The molecular weight excluding hydrogens is 238 g/mol. The highest BCUT2D eigenvalue weighted by molar-refractivity contribution is 7.99. The van der Waals surface area contributed by atoms with Gasteiger partial charge in [0.1, 0.15) is 0 Å². The van der Waals surface area contributed by atoms with E-state index in [-0.39, 0.29) is 0 Å². The van der Waals surface area contributed by atoms with E-state index in [9.17, 15) is 0 Å². The Hall–Kier alpha value is -0.470. The first-order valence-corrected chi connectivity index (χ1v) is 8.07. The largest absolute Gasteiger partial charge is 0.316 e. The smallest absolute Gasteiger partial charge is 0.0107 e. The van der Waals surface area contributed by atoms with E-state index in [0.717, 1.165) is 30.8 Å². The van der Waals surface area contributed by atoms with E-state index in [0.29, 0.717) is 0 Å². The molecule has 0 spiro atoms. The van der Waals surface area contributed by atoms with Crippen LogP contribution in [0.15, 0.2) is 29.2 Å². The van der Waals surface area contributed by atoms with Gasteiger partial charge in [-0.1, -0.05) is 39.0 Å². The number of nitrogens with one attached hydrogen (secondary N) is 1. The fourth-order valence-electron chi connectivity index (χ4n) is 2.61. The van der Waals surface area contributed by atoms with Crippen LogP contribution in [-0.2, 0) is 0 Å². The third-order valence-electron chi connectivity index (χ3n) is 3.53. The number of rotatable bonds is 6. The lowest BCUT2D eigenvalue weighted by Gasteiger charge is -2.18. The van der Waals surface area contributed by atoms with Gasteiger partial charge >= 0.3 is 0 Å². The van der Waals surface area contributed by atoms with Gasteiger partial charge in [0.15, 0.2) is 0 Å². The molecule has 18 heavy (non-hydrogen) atoms. The molecule has 0 aromatic heterocycles. The summed E-state index contributed by atoms with van der Waals surface area (Å²) >= 11 is 2.03. The van der Waals surface area contributed by atoms with Crippen molar-refractivity contribution in [1.82, 2.24) is 5.32 Å². The lowest BCUT2D eigenvalue weighted by Crippen LogP contribution is -2.26. The average molecular weight is 263 g/mol. The minimum atomic E-state index is 0.750. The summed E-state index contributed by atoms with van der Waals surface area (Å²) in [5.41, 5.74) is 1.58. The molecule has 0 aliphatic carbocycles.